The average molecular weight is 148 g/mol. The lowest BCUT2D eigenvalue weighted by atomic mass is 10.5. The molecule has 4 nitrogen and oxygen atoms in total. The Morgan fingerprint density at radius 1 is 1.64 bits per heavy atom. The number of aromatic nitrogens is 3. The Kier molecular flexibility index (Phi) is 1.09. The topological polar surface area (TPSA) is 50.4 Å². The van der Waals surface area contributed by atoms with Crippen LogP contribution in [0.4, 0.5) is 0 Å². The molecule has 55 valence electrons. The van der Waals surface area contributed by atoms with Gasteiger partial charge in [-0.25, -0.2) is 4.52 Å². The lowest BCUT2D eigenvalue weighted by molar-refractivity contribution is 0.452. The zero-order valence-corrected chi connectivity index (χ0v) is 5.94. The summed E-state index contributed by atoms with van der Waals surface area (Å²) in [7, 11) is 0. The lowest BCUT2D eigenvalue weighted by Gasteiger charge is -1.90. The molecule has 0 saturated carbocycles. The van der Waals surface area contributed by atoms with Gasteiger partial charge in [0.05, 0.1) is 11.8 Å². The van der Waals surface area contributed by atoms with Crippen molar-refractivity contribution in [1.29, 1.82) is 0 Å². The Hall–Kier alpha value is -1.58. The highest BCUT2D eigenvalue weighted by molar-refractivity contribution is 5.39. The van der Waals surface area contributed by atoms with E-state index in [1.807, 2.05) is 6.92 Å². The molecule has 4 heteroatoms. The predicted octanol–water partition coefficient (Wildman–Crippen LogP) is 0.544. The SMILES string of the molecule is Cc1cc2nc(O)[c]cn2n1. The molecule has 0 atom stereocenters. The zero-order chi connectivity index (χ0) is 7.84. The number of aromatic hydroxyl groups is 1. The van der Waals surface area contributed by atoms with Gasteiger partial charge in [0.15, 0.2) is 5.65 Å². The second kappa shape index (κ2) is 1.95. The molecule has 2 aromatic heterocycles. The first-order valence-electron chi connectivity index (χ1n) is 3.19. The van der Waals surface area contributed by atoms with Gasteiger partial charge in [0.25, 0.3) is 0 Å². The molecule has 0 bridgehead atoms. The van der Waals surface area contributed by atoms with Crippen LogP contribution in [0.25, 0.3) is 5.65 Å². The summed E-state index contributed by atoms with van der Waals surface area (Å²) in [6, 6.07) is 4.32. The Bertz CT molecular complexity index is 393. The molecule has 2 heterocycles. The van der Waals surface area contributed by atoms with E-state index < -0.39 is 0 Å². The van der Waals surface area contributed by atoms with Crippen LogP contribution in [0.2, 0.25) is 0 Å². The first kappa shape index (κ1) is 6.15. The molecule has 0 fully saturated rings. The average Bonchev–Trinajstić information content (AvgIpc) is 2.27. The molecule has 0 aliphatic carbocycles. The van der Waals surface area contributed by atoms with Gasteiger partial charge in [0, 0.05) is 12.3 Å². The molecule has 2 aromatic rings. The maximum Gasteiger partial charge on any atom is 0.222 e. The molecule has 11 heavy (non-hydrogen) atoms. The number of hydrogen-bond acceptors (Lipinski definition) is 3. The number of fused-ring (bicyclic) bond motifs is 1. The van der Waals surface area contributed by atoms with Crippen molar-refractivity contribution in [2.24, 2.45) is 0 Å². The van der Waals surface area contributed by atoms with Gasteiger partial charge < -0.3 is 5.11 Å². The van der Waals surface area contributed by atoms with Gasteiger partial charge in [-0.05, 0) is 6.92 Å². The third kappa shape index (κ3) is 0.920. The Morgan fingerprint density at radius 3 is 3.27 bits per heavy atom. The molecule has 0 aliphatic rings. The van der Waals surface area contributed by atoms with Gasteiger partial charge in [-0.15, -0.1) is 0 Å². The first-order valence-corrected chi connectivity index (χ1v) is 3.19. The van der Waals surface area contributed by atoms with Crippen LogP contribution in [0.1, 0.15) is 5.69 Å². The minimum atomic E-state index is -0.0996. The van der Waals surface area contributed by atoms with Crippen molar-refractivity contribution in [3.05, 3.63) is 24.0 Å². The fraction of sp³-hybridized carbons (Fsp3) is 0.143. The Morgan fingerprint density at radius 2 is 2.45 bits per heavy atom. The van der Waals surface area contributed by atoms with Crippen LogP contribution in [0.15, 0.2) is 12.3 Å². The number of hydrogen-bond donors (Lipinski definition) is 1. The maximum absolute atomic E-state index is 8.93. The maximum atomic E-state index is 8.93. The van der Waals surface area contributed by atoms with Crippen LogP contribution >= 0.6 is 0 Å². The molecule has 1 N–H and O–H groups in total. The second-order valence-corrected chi connectivity index (χ2v) is 2.30. The predicted molar refractivity (Wildman–Crippen MR) is 38.2 cm³/mol. The van der Waals surface area contributed by atoms with Gasteiger partial charge >= 0.3 is 0 Å². The van der Waals surface area contributed by atoms with Crippen LogP contribution in [0.5, 0.6) is 5.88 Å². The fourth-order valence-corrected chi connectivity index (χ4v) is 0.941. The first-order chi connectivity index (χ1) is 5.25. The standard InChI is InChI=1S/C7H6N3O/c1-5-4-6-8-7(11)2-3-10(6)9-5/h3-4H,1H3,(H,8,11). The molecule has 0 saturated heterocycles. The number of nitrogens with zero attached hydrogens (tertiary/aromatic N) is 3. The summed E-state index contributed by atoms with van der Waals surface area (Å²) < 4.78 is 1.56. The fourth-order valence-electron chi connectivity index (χ4n) is 0.941. The molecule has 0 aliphatic heterocycles. The monoisotopic (exact) mass is 148 g/mol. The molecule has 0 spiro atoms. The third-order valence-electron chi connectivity index (χ3n) is 1.37. The molecular formula is C7H6N3O. The van der Waals surface area contributed by atoms with Gasteiger partial charge in [0.2, 0.25) is 5.88 Å². The molecule has 0 aromatic carbocycles. The van der Waals surface area contributed by atoms with E-state index in [1.165, 1.54) is 0 Å². The van der Waals surface area contributed by atoms with E-state index in [1.54, 1.807) is 16.8 Å². The van der Waals surface area contributed by atoms with Crippen molar-refractivity contribution in [3.63, 3.8) is 0 Å². The molecule has 0 unspecified atom stereocenters. The Labute approximate surface area is 63.1 Å². The molecule has 1 radical (unpaired) electrons. The van der Waals surface area contributed by atoms with Crippen molar-refractivity contribution in [2.45, 2.75) is 6.92 Å². The van der Waals surface area contributed by atoms with E-state index in [2.05, 4.69) is 16.1 Å². The van der Waals surface area contributed by atoms with E-state index in [0.717, 1.165) is 5.69 Å². The van der Waals surface area contributed by atoms with Crippen molar-refractivity contribution >= 4 is 5.65 Å². The summed E-state index contributed by atoms with van der Waals surface area (Å²) in [5, 5.41) is 13.0. The minimum absolute atomic E-state index is 0.0996. The van der Waals surface area contributed by atoms with Crippen molar-refractivity contribution in [3.8, 4) is 5.88 Å². The van der Waals surface area contributed by atoms with Crippen molar-refractivity contribution in [1.82, 2.24) is 14.6 Å². The summed E-state index contributed by atoms with van der Waals surface area (Å²) in [5.74, 6) is -0.0996. The van der Waals surface area contributed by atoms with Crippen LogP contribution in [0, 0.1) is 13.0 Å². The van der Waals surface area contributed by atoms with Gasteiger partial charge in [-0.3, -0.25) is 0 Å². The highest BCUT2D eigenvalue weighted by atomic mass is 16.3. The highest BCUT2D eigenvalue weighted by Gasteiger charge is 1.98. The second-order valence-electron chi connectivity index (χ2n) is 2.30. The number of rotatable bonds is 0. The van der Waals surface area contributed by atoms with Crippen LogP contribution < -0.4 is 0 Å². The summed E-state index contributed by atoms with van der Waals surface area (Å²) in [5.41, 5.74) is 1.51. The summed E-state index contributed by atoms with van der Waals surface area (Å²) in [6.45, 7) is 1.87. The van der Waals surface area contributed by atoms with Crippen LogP contribution in [-0.4, -0.2) is 19.7 Å². The summed E-state index contributed by atoms with van der Waals surface area (Å²) in [4.78, 5) is 3.80. The molecule has 0 amide bonds. The van der Waals surface area contributed by atoms with E-state index in [0.29, 0.717) is 5.65 Å². The third-order valence-corrected chi connectivity index (χ3v) is 1.37. The summed E-state index contributed by atoms with van der Waals surface area (Å²) >= 11 is 0. The van der Waals surface area contributed by atoms with Gasteiger partial charge in [-0.1, -0.05) is 0 Å². The normalized spacial score (nSPS) is 10.6. The quantitative estimate of drug-likeness (QED) is 0.593. The molecule has 2 rings (SSSR count). The highest BCUT2D eigenvalue weighted by Crippen LogP contribution is 2.06. The largest absolute Gasteiger partial charge is 0.493 e. The zero-order valence-electron chi connectivity index (χ0n) is 5.94. The Balaban J connectivity index is 2.82. The summed E-state index contributed by atoms with van der Waals surface area (Å²) in [6.07, 6.45) is 1.55. The van der Waals surface area contributed by atoms with E-state index >= 15 is 0 Å². The minimum Gasteiger partial charge on any atom is -0.493 e. The molecular weight excluding hydrogens is 142 g/mol. The smallest absolute Gasteiger partial charge is 0.222 e. The van der Waals surface area contributed by atoms with Crippen molar-refractivity contribution in [2.75, 3.05) is 0 Å². The van der Waals surface area contributed by atoms with E-state index in [4.69, 9.17) is 5.11 Å². The number of aryl methyl sites for hydroxylation is 1. The van der Waals surface area contributed by atoms with Crippen LogP contribution in [-0.2, 0) is 0 Å². The van der Waals surface area contributed by atoms with Gasteiger partial charge in [0.1, 0.15) is 0 Å². The van der Waals surface area contributed by atoms with Gasteiger partial charge in [-0.2, -0.15) is 10.1 Å². The van der Waals surface area contributed by atoms with E-state index in [9.17, 15) is 0 Å². The lowest BCUT2D eigenvalue weighted by Crippen LogP contribution is -1.88. The van der Waals surface area contributed by atoms with E-state index in [-0.39, 0.29) is 5.88 Å². The van der Waals surface area contributed by atoms with Crippen LogP contribution in [0.3, 0.4) is 0 Å². The van der Waals surface area contributed by atoms with Crippen molar-refractivity contribution < 1.29 is 5.11 Å².